The van der Waals surface area contributed by atoms with Gasteiger partial charge in [0.25, 0.3) is 15.9 Å². The Balaban J connectivity index is 1.78. The lowest BCUT2D eigenvalue weighted by molar-refractivity contribution is 0.0952. The highest BCUT2D eigenvalue weighted by atomic mass is 32.2. The number of imidazole rings is 1. The number of anilines is 1. The predicted molar refractivity (Wildman–Crippen MR) is 108 cm³/mol. The van der Waals surface area contributed by atoms with E-state index >= 15 is 0 Å². The van der Waals surface area contributed by atoms with E-state index in [0.29, 0.717) is 12.4 Å². The second-order valence-corrected chi connectivity index (χ2v) is 8.19. The number of hydrogen-bond acceptors (Lipinski definition) is 4. The van der Waals surface area contributed by atoms with Crippen molar-refractivity contribution in [1.29, 1.82) is 0 Å². The number of benzene rings is 2. The molecule has 0 aliphatic rings. The van der Waals surface area contributed by atoms with Crippen molar-refractivity contribution in [3.63, 3.8) is 0 Å². The van der Waals surface area contributed by atoms with E-state index < -0.39 is 10.0 Å². The monoisotopic (exact) mass is 398 g/mol. The lowest BCUT2D eigenvalue weighted by Gasteiger charge is -2.12. The molecule has 0 atom stereocenters. The Kier molecular flexibility index (Phi) is 5.51. The maximum Gasteiger partial charge on any atom is 0.280 e. The quantitative estimate of drug-likeness (QED) is 0.668. The summed E-state index contributed by atoms with van der Waals surface area (Å²) < 4.78 is 29.4. The zero-order chi connectivity index (χ0) is 20.3. The summed E-state index contributed by atoms with van der Waals surface area (Å²) in [7, 11) is -2.19. The molecule has 8 heteroatoms. The fraction of sp³-hybridized carbons (Fsp3) is 0.200. The van der Waals surface area contributed by atoms with E-state index in [1.165, 1.54) is 6.20 Å². The molecule has 1 aromatic heterocycles. The topological polar surface area (TPSA) is 93.1 Å². The van der Waals surface area contributed by atoms with E-state index in [1.807, 2.05) is 31.2 Å². The van der Waals surface area contributed by atoms with Gasteiger partial charge in [0.15, 0.2) is 5.03 Å². The van der Waals surface area contributed by atoms with E-state index in [0.717, 1.165) is 11.1 Å². The molecule has 0 bridgehead atoms. The summed E-state index contributed by atoms with van der Waals surface area (Å²) in [6.07, 6.45) is 1.43. The molecule has 0 saturated carbocycles. The Morgan fingerprint density at radius 2 is 1.75 bits per heavy atom. The number of carbonyl (C=O) groups is 1. The summed E-state index contributed by atoms with van der Waals surface area (Å²) in [6.45, 7) is 4.05. The molecule has 0 radical (unpaired) electrons. The van der Waals surface area contributed by atoms with Crippen LogP contribution < -0.4 is 10.0 Å². The molecule has 2 N–H and O–H groups in total. The number of aromatic nitrogens is 2. The maximum absolute atomic E-state index is 12.6. The summed E-state index contributed by atoms with van der Waals surface area (Å²) >= 11 is 0. The highest BCUT2D eigenvalue weighted by Gasteiger charge is 2.21. The van der Waals surface area contributed by atoms with Gasteiger partial charge in [-0.15, -0.1) is 0 Å². The van der Waals surface area contributed by atoms with E-state index in [1.54, 1.807) is 42.8 Å². The molecule has 1 amide bonds. The lowest BCUT2D eigenvalue weighted by Crippen LogP contribution is -2.25. The first-order valence-corrected chi connectivity index (χ1v) is 10.2. The molecule has 0 aliphatic carbocycles. The van der Waals surface area contributed by atoms with Crippen LogP contribution in [0.1, 0.15) is 27.3 Å². The number of carbonyl (C=O) groups excluding carboxylic acids is 1. The first-order chi connectivity index (χ1) is 13.3. The van der Waals surface area contributed by atoms with Crippen LogP contribution in [0.2, 0.25) is 0 Å². The van der Waals surface area contributed by atoms with Gasteiger partial charge in [0.2, 0.25) is 0 Å². The first-order valence-electron chi connectivity index (χ1n) is 8.72. The predicted octanol–water partition coefficient (Wildman–Crippen LogP) is 2.77. The highest BCUT2D eigenvalue weighted by molar-refractivity contribution is 7.92. The van der Waals surface area contributed by atoms with E-state index in [2.05, 4.69) is 15.0 Å². The van der Waals surface area contributed by atoms with Gasteiger partial charge in [-0.2, -0.15) is 8.42 Å². The molecule has 0 aliphatic heterocycles. The smallest absolute Gasteiger partial charge is 0.280 e. The summed E-state index contributed by atoms with van der Waals surface area (Å²) in [5, 5.41) is 2.73. The maximum atomic E-state index is 12.6. The van der Waals surface area contributed by atoms with Crippen molar-refractivity contribution >= 4 is 21.6 Å². The molecular weight excluding hydrogens is 376 g/mol. The highest BCUT2D eigenvalue weighted by Crippen LogP contribution is 2.20. The van der Waals surface area contributed by atoms with Gasteiger partial charge in [-0.05, 0) is 31.5 Å². The van der Waals surface area contributed by atoms with Crippen LogP contribution in [0.15, 0.2) is 59.8 Å². The van der Waals surface area contributed by atoms with Gasteiger partial charge in [0, 0.05) is 19.8 Å². The van der Waals surface area contributed by atoms with Gasteiger partial charge in [0.05, 0.1) is 11.3 Å². The number of nitrogens with zero attached hydrogens (tertiary/aromatic N) is 2. The number of aryl methyl sites for hydroxylation is 3. The first kappa shape index (κ1) is 19.6. The zero-order valence-corrected chi connectivity index (χ0v) is 16.7. The number of nitrogens with one attached hydrogen (secondary N) is 2. The van der Waals surface area contributed by atoms with Crippen molar-refractivity contribution < 1.29 is 13.2 Å². The van der Waals surface area contributed by atoms with Crippen LogP contribution in [0.3, 0.4) is 0 Å². The Hall–Kier alpha value is -3.13. The minimum Gasteiger partial charge on any atom is -0.348 e. The van der Waals surface area contributed by atoms with Crippen molar-refractivity contribution in [2.45, 2.75) is 25.4 Å². The third-order valence-corrected chi connectivity index (χ3v) is 5.59. The zero-order valence-electron chi connectivity index (χ0n) is 15.9. The number of sulfonamides is 1. The minimum atomic E-state index is -3.90. The number of amides is 1. The SMILES string of the molecule is Cc1ccc(CNC(=O)c2ccccc2NS(=O)(=O)c2cn(C)c(C)n2)cc1. The van der Waals surface area contributed by atoms with Crippen LogP contribution >= 0.6 is 0 Å². The average Bonchev–Trinajstić information content (AvgIpc) is 3.01. The number of para-hydroxylation sites is 1. The molecule has 28 heavy (non-hydrogen) atoms. The van der Waals surface area contributed by atoms with Crippen LogP contribution in [0.25, 0.3) is 0 Å². The minimum absolute atomic E-state index is 0.0950. The van der Waals surface area contributed by atoms with Crippen LogP contribution in [0.4, 0.5) is 5.69 Å². The Bertz CT molecular complexity index is 1080. The number of rotatable bonds is 6. The van der Waals surface area contributed by atoms with E-state index in [4.69, 9.17) is 0 Å². The van der Waals surface area contributed by atoms with Crippen molar-refractivity contribution in [3.8, 4) is 0 Å². The summed E-state index contributed by atoms with van der Waals surface area (Å²) in [5.41, 5.74) is 2.54. The van der Waals surface area contributed by atoms with Crippen LogP contribution in [0, 0.1) is 13.8 Å². The van der Waals surface area contributed by atoms with Gasteiger partial charge in [-0.25, -0.2) is 4.98 Å². The number of hydrogen-bond donors (Lipinski definition) is 2. The third kappa shape index (κ3) is 4.40. The molecule has 1 heterocycles. The van der Waals surface area contributed by atoms with Gasteiger partial charge < -0.3 is 9.88 Å². The Morgan fingerprint density at radius 3 is 2.39 bits per heavy atom. The molecule has 3 aromatic rings. The summed E-state index contributed by atoms with van der Waals surface area (Å²) in [5.74, 6) is 0.209. The summed E-state index contributed by atoms with van der Waals surface area (Å²) in [6, 6.07) is 14.3. The van der Waals surface area contributed by atoms with Gasteiger partial charge in [-0.1, -0.05) is 42.0 Å². The van der Waals surface area contributed by atoms with Crippen LogP contribution in [-0.2, 0) is 23.6 Å². The van der Waals surface area contributed by atoms with Crippen LogP contribution in [-0.4, -0.2) is 23.9 Å². The molecule has 0 fully saturated rings. The second kappa shape index (κ2) is 7.85. The van der Waals surface area contributed by atoms with Gasteiger partial charge in [-0.3, -0.25) is 9.52 Å². The Morgan fingerprint density at radius 1 is 1.07 bits per heavy atom. The lowest BCUT2D eigenvalue weighted by atomic mass is 10.1. The Labute approximate surface area is 164 Å². The molecule has 7 nitrogen and oxygen atoms in total. The normalized spacial score (nSPS) is 11.2. The molecule has 146 valence electrons. The molecule has 3 rings (SSSR count). The average molecular weight is 398 g/mol. The van der Waals surface area contributed by atoms with Crippen molar-refractivity contribution in [1.82, 2.24) is 14.9 Å². The fourth-order valence-corrected chi connectivity index (χ4v) is 3.73. The van der Waals surface area contributed by atoms with Gasteiger partial charge >= 0.3 is 0 Å². The van der Waals surface area contributed by atoms with E-state index in [-0.39, 0.29) is 22.2 Å². The third-order valence-electron chi connectivity index (χ3n) is 4.35. The van der Waals surface area contributed by atoms with Crippen LogP contribution in [0.5, 0.6) is 0 Å². The molecule has 0 unspecified atom stereocenters. The standard InChI is InChI=1S/C20H22N4O3S/c1-14-8-10-16(11-9-14)12-21-20(25)17-6-4-5-7-18(17)23-28(26,27)19-13-24(3)15(2)22-19/h4-11,13,23H,12H2,1-3H3,(H,21,25). The molecular formula is C20H22N4O3S. The van der Waals surface area contributed by atoms with E-state index in [9.17, 15) is 13.2 Å². The van der Waals surface area contributed by atoms with Gasteiger partial charge in [0.1, 0.15) is 5.82 Å². The molecule has 2 aromatic carbocycles. The molecule has 0 saturated heterocycles. The van der Waals surface area contributed by atoms with Crippen molar-refractivity contribution in [2.75, 3.05) is 4.72 Å². The molecule has 0 spiro atoms. The fourth-order valence-electron chi connectivity index (χ4n) is 2.61. The summed E-state index contributed by atoms with van der Waals surface area (Å²) in [4.78, 5) is 16.7. The van der Waals surface area contributed by atoms with Crippen molar-refractivity contribution in [2.24, 2.45) is 7.05 Å². The largest absolute Gasteiger partial charge is 0.348 e. The van der Waals surface area contributed by atoms with Crippen molar-refractivity contribution in [3.05, 3.63) is 77.2 Å². The second-order valence-electron chi connectivity index (χ2n) is 6.56.